The van der Waals surface area contributed by atoms with Crippen LogP contribution in [-0.4, -0.2) is 29.2 Å². The number of halogens is 3. The molecule has 114 valence electrons. The summed E-state index contributed by atoms with van der Waals surface area (Å²) in [4.78, 5) is 8.53. The fraction of sp³-hybridized carbons (Fsp3) is 0.692. The van der Waals surface area contributed by atoms with Gasteiger partial charge in [0.1, 0.15) is 24.0 Å². The summed E-state index contributed by atoms with van der Waals surface area (Å²) in [5.74, 6) is 1.41. The maximum absolute atomic E-state index is 12.3. The molecule has 0 aromatic carbocycles. The van der Waals surface area contributed by atoms with Crippen molar-refractivity contribution in [3.05, 3.63) is 11.4 Å². The Bertz CT molecular complexity index is 432. The number of anilines is 2. The molecule has 0 bridgehead atoms. The largest absolute Gasteiger partial charge is 0.405 e. The average Bonchev–Trinajstić information content (AvgIpc) is 2.36. The van der Waals surface area contributed by atoms with E-state index in [1.54, 1.807) is 6.92 Å². The van der Waals surface area contributed by atoms with E-state index in [1.807, 2.05) is 13.8 Å². The molecule has 0 saturated heterocycles. The molecule has 1 aromatic heterocycles. The first-order valence-electron chi connectivity index (χ1n) is 6.79. The number of alkyl halides is 3. The summed E-state index contributed by atoms with van der Waals surface area (Å²) in [6.07, 6.45) is -1.87. The van der Waals surface area contributed by atoms with Crippen molar-refractivity contribution in [3.8, 4) is 0 Å². The van der Waals surface area contributed by atoms with Crippen LogP contribution in [0.25, 0.3) is 0 Å². The van der Waals surface area contributed by atoms with Gasteiger partial charge in [0, 0.05) is 18.5 Å². The maximum atomic E-state index is 12.3. The predicted octanol–water partition coefficient (Wildman–Crippen LogP) is 3.53. The fourth-order valence-corrected chi connectivity index (χ4v) is 1.67. The van der Waals surface area contributed by atoms with E-state index in [0.717, 1.165) is 19.4 Å². The van der Waals surface area contributed by atoms with E-state index in [2.05, 4.69) is 20.6 Å². The van der Waals surface area contributed by atoms with Gasteiger partial charge in [-0.3, -0.25) is 0 Å². The third kappa shape index (κ3) is 5.22. The van der Waals surface area contributed by atoms with Crippen LogP contribution in [0.5, 0.6) is 0 Å². The summed E-state index contributed by atoms with van der Waals surface area (Å²) in [7, 11) is 0. The summed E-state index contributed by atoms with van der Waals surface area (Å²) in [5, 5.41) is 5.48. The van der Waals surface area contributed by atoms with Crippen LogP contribution >= 0.6 is 0 Å². The molecule has 0 spiro atoms. The SMILES string of the molecule is CCCNc1nc(CCC)nc(NCC(F)(F)F)c1C. The third-order valence-electron chi connectivity index (χ3n) is 2.66. The molecular formula is C13H21F3N4. The van der Waals surface area contributed by atoms with Crippen LogP contribution < -0.4 is 10.6 Å². The number of hydrogen-bond acceptors (Lipinski definition) is 4. The van der Waals surface area contributed by atoms with E-state index < -0.39 is 12.7 Å². The van der Waals surface area contributed by atoms with Gasteiger partial charge in [0.2, 0.25) is 0 Å². The van der Waals surface area contributed by atoms with Crippen molar-refractivity contribution in [2.45, 2.75) is 46.2 Å². The second-order valence-electron chi connectivity index (χ2n) is 4.61. The molecule has 0 aliphatic rings. The van der Waals surface area contributed by atoms with E-state index >= 15 is 0 Å². The molecule has 1 heterocycles. The van der Waals surface area contributed by atoms with Crippen LogP contribution in [0, 0.1) is 6.92 Å². The number of nitrogens with one attached hydrogen (secondary N) is 2. The monoisotopic (exact) mass is 290 g/mol. The van der Waals surface area contributed by atoms with Gasteiger partial charge in [-0.15, -0.1) is 0 Å². The molecule has 0 aliphatic heterocycles. The smallest absolute Gasteiger partial charge is 0.370 e. The Kier molecular flexibility index (Phi) is 6.04. The lowest BCUT2D eigenvalue weighted by molar-refractivity contribution is -0.115. The third-order valence-corrected chi connectivity index (χ3v) is 2.66. The molecule has 0 saturated carbocycles. The van der Waals surface area contributed by atoms with Crippen LogP contribution in [0.4, 0.5) is 24.8 Å². The summed E-state index contributed by atoms with van der Waals surface area (Å²) < 4.78 is 36.9. The van der Waals surface area contributed by atoms with Crippen molar-refractivity contribution in [1.82, 2.24) is 9.97 Å². The zero-order valence-corrected chi connectivity index (χ0v) is 12.1. The van der Waals surface area contributed by atoms with Gasteiger partial charge in [-0.2, -0.15) is 13.2 Å². The molecule has 0 amide bonds. The highest BCUT2D eigenvalue weighted by molar-refractivity contribution is 5.57. The minimum absolute atomic E-state index is 0.249. The van der Waals surface area contributed by atoms with Gasteiger partial charge in [-0.1, -0.05) is 13.8 Å². The van der Waals surface area contributed by atoms with E-state index in [1.165, 1.54) is 0 Å². The molecule has 0 radical (unpaired) electrons. The van der Waals surface area contributed by atoms with Crippen molar-refractivity contribution < 1.29 is 13.2 Å². The molecule has 0 unspecified atom stereocenters. The standard InChI is InChI=1S/C13H21F3N4/c1-4-6-10-19-11(17-7-5-2)9(3)12(20-10)18-8-13(14,15)16/h4-8H2,1-3H3,(H2,17,18,19,20). The minimum atomic E-state index is -4.26. The quantitative estimate of drug-likeness (QED) is 0.806. The minimum Gasteiger partial charge on any atom is -0.370 e. The molecule has 7 heteroatoms. The number of aryl methyl sites for hydroxylation is 1. The second kappa shape index (κ2) is 7.31. The van der Waals surface area contributed by atoms with Crippen molar-refractivity contribution >= 4 is 11.6 Å². The Morgan fingerprint density at radius 1 is 1.00 bits per heavy atom. The van der Waals surface area contributed by atoms with Gasteiger partial charge in [0.05, 0.1) is 0 Å². The molecule has 4 nitrogen and oxygen atoms in total. The zero-order valence-electron chi connectivity index (χ0n) is 12.1. The topological polar surface area (TPSA) is 49.8 Å². The van der Waals surface area contributed by atoms with Gasteiger partial charge >= 0.3 is 6.18 Å². The summed E-state index contributed by atoms with van der Waals surface area (Å²) in [6, 6.07) is 0. The molecule has 0 aliphatic carbocycles. The highest BCUT2D eigenvalue weighted by Crippen LogP contribution is 2.22. The summed E-state index contributed by atoms with van der Waals surface area (Å²) in [5.41, 5.74) is 0.613. The Hall–Kier alpha value is -1.53. The highest BCUT2D eigenvalue weighted by Gasteiger charge is 2.27. The molecule has 1 aromatic rings. The Morgan fingerprint density at radius 3 is 2.10 bits per heavy atom. The first kappa shape index (κ1) is 16.5. The number of rotatable bonds is 7. The van der Waals surface area contributed by atoms with Gasteiger partial charge in [-0.05, 0) is 19.8 Å². The Morgan fingerprint density at radius 2 is 1.60 bits per heavy atom. The first-order valence-corrected chi connectivity index (χ1v) is 6.79. The molecule has 2 N–H and O–H groups in total. The summed E-state index contributed by atoms with van der Waals surface area (Å²) >= 11 is 0. The zero-order chi connectivity index (χ0) is 15.2. The highest BCUT2D eigenvalue weighted by atomic mass is 19.4. The van der Waals surface area contributed by atoms with Crippen molar-refractivity contribution in [3.63, 3.8) is 0 Å². The Balaban J connectivity index is 2.97. The Labute approximate surface area is 117 Å². The van der Waals surface area contributed by atoms with E-state index in [9.17, 15) is 13.2 Å². The van der Waals surface area contributed by atoms with Crippen LogP contribution in [-0.2, 0) is 6.42 Å². The van der Waals surface area contributed by atoms with Crippen LogP contribution in [0.15, 0.2) is 0 Å². The van der Waals surface area contributed by atoms with Crippen molar-refractivity contribution in [1.29, 1.82) is 0 Å². The lowest BCUT2D eigenvalue weighted by Crippen LogP contribution is -2.23. The van der Waals surface area contributed by atoms with Gasteiger partial charge < -0.3 is 10.6 Å². The van der Waals surface area contributed by atoms with Crippen molar-refractivity contribution in [2.24, 2.45) is 0 Å². The molecule has 0 fully saturated rings. The molecular weight excluding hydrogens is 269 g/mol. The fourth-order valence-electron chi connectivity index (χ4n) is 1.67. The van der Waals surface area contributed by atoms with Crippen LogP contribution in [0.2, 0.25) is 0 Å². The second-order valence-corrected chi connectivity index (χ2v) is 4.61. The lowest BCUT2D eigenvalue weighted by atomic mass is 10.2. The van der Waals surface area contributed by atoms with Gasteiger partial charge in [0.15, 0.2) is 0 Å². The maximum Gasteiger partial charge on any atom is 0.405 e. The first-order chi connectivity index (χ1) is 9.37. The normalized spacial score (nSPS) is 11.5. The number of hydrogen-bond donors (Lipinski definition) is 2. The van der Waals surface area contributed by atoms with Gasteiger partial charge in [0.25, 0.3) is 0 Å². The number of aromatic nitrogens is 2. The predicted molar refractivity (Wildman–Crippen MR) is 74.1 cm³/mol. The molecule has 20 heavy (non-hydrogen) atoms. The lowest BCUT2D eigenvalue weighted by Gasteiger charge is -2.15. The van der Waals surface area contributed by atoms with E-state index in [0.29, 0.717) is 23.6 Å². The van der Waals surface area contributed by atoms with E-state index in [4.69, 9.17) is 0 Å². The molecule has 0 atom stereocenters. The van der Waals surface area contributed by atoms with Crippen LogP contribution in [0.3, 0.4) is 0 Å². The molecule has 1 rings (SSSR count). The van der Waals surface area contributed by atoms with E-state index in [-0.39, 0.29) is 5.82 Å². The van der Waals surface area contributed by atoms with Crippen molar-refractivity contribution in [2.75, 3.05) is 23.7 Å². The summed E-state index contributed by atoms with van der Waals surface area (Å²) in [6.45, 7) is 5.34. The number of nitrogens with zero attached hydrogens (tertiary/aromatic N) is 2. The van der Waals surface area contributed by atoms with Gasteiger partial charge in [-0.25, -0.2) is 9.97 Å². The van der Waals surface area contributed by atoms with Crippen LogP contribution in [0.1, 0.15) is 38.1 Å². The average molecular weight is 290 g/mol.